The molecule has 0 aliphatic carbocycles. The molecule has 1 heterocycles. The Morgan fingerprint density at radius 3 is 2.69 bits per heavy atom. The molecule has 0 saturated heterocycles. The van der Waals surface area contributed by atoms with Gasteiger partial charge in [0.05, 0.1) is 17.3 Å². The minimum atomic E-state index is -0.0403. The molecule has 0 spiro atoms. The molecule has 3 aromatic rings. The summed E-state index contributed by atoms with van der Waals surface area (Å²) in [7, 11) is 1.67. The van der Waals surface area contributed by atoms with Gasteiger partial charge in [0.25, 0.3) is 0 Å². The maximum atomic E-state index is 12.5. The Morgan fingerprint density at radius 1 is 1.17 bits per heavy atom. The minimum absolute atomic E-state index is 0.0403. The number of ether oxygens (including phenoxy) is 1. The van der Waals surface area contributed by atoms with Crippen LogP contribution >= 0.6 is 34.9 Å². The number of hydrogen-bond acceptors (Lipinski definition) is 5. The van der Waals surface area contributed by atoms with Gasteiger partial charge < -0.3 is 9.30 Å². The van der Waals surface area contributed by atoms with Gasteiger partial charge in [0.15, 0.2) is 4.80 Å². The standard InChI is InChI=1S/C22H26N2O2S3/c1-16-6-11-19-20(15-16)29-22(24(19)12-14-27-3)23-21(25)5-4-13-28-18-9-7-17(26-2)8-10-18/h6-11,15H,4-5,12-14H2,1-3H3. The van der Waals surface area contributed by atoms with E-state index in [4.69, 9.17) is 4.74 Å². The van der Waals surface area contributed by atoms with Crippen LogP contribution in [0.15, 0.2) is 52.4 Å². The van der Waals surface area contributed by atoms with Gasteiger partial charge in [0.2, 0.25) is 5.91 Å². The first kappa shape index (κ1) is 22.0. The molecule has 0 fully saturated rings. The van der Waals surface area contributed by atoms with Crippen molar-refractivity contribution in [3.63, 3.8) is 0 Å². The number of carbonyl (C=O) groups is 1. The molecule has 154 valence electrons. The molecular weight excluding hydrogens is 420 g/mol. The molecule has 0 N–H and O–H groups in total. The molecule has 1 amide bonds. The lowest BCUT2D eigenvalue weighted by Gasteiger charge is -2.04. The lowest BCUT2D eigenvalue weighted by atomic mass is 10.2. The van der Waals surface area contributed by atoms with Gasteiger partial charge in [-0.1, -0.05) is 17.4 Å². The molecule has 0 aliphatic heterocycles. The lowest BCUT2D eigenvalue weighted by Crippen LogP contribution is -2.18. The van der Waals surface area contributed by atoms with Crippen LogP contribution in [0.1, 0.15) is 18.4 Å². The Hall–Kier alpha value is -1.70. The number of benzene rings is 2. The number of aryl methyl sites for hydroxylation is 2. The van der Waals surface area contributed by atoms with Gasteiger partial charge in [-0.05, 0) is 67.3 Å². The van der Waals surface area contributed by atoms with Gasteiger partial charge in [-0.3, -0.25) is 4.79 Å². The molecule has 0 unspecified atom stereocenters. The van der Waals surface area contributed by atoms with E-state index in [1.165, 1.54) is 15.2 Å². The van der Waals surface area contributed by atoms with Crippen molar-refractivity contribution in [2.75, 3.05) is 24.9 Å². The van der Waals surface area contributed by atoms with Gasteiger partial charge in [0, 0.05) is 23.6 Å². The molecule has 3 rings (SSSR count). The number of amides is 1. The zero-order valence-electron chi connectivity index (χ0n) is 17.0. The molecule has 4 nitrogen and oxygen atoms in total. The normalized spacial score (nSPS) is 11.9. The Kier molecular flexibility index (Phi) is 8.27. The van der Waals surface area contributed by atoms with E-state index in [0.29, 0.717) is 6.42 Å². The number of fused-ring (bicyclic) bond motifs is 1. The summed E-state index contributed by atoms with van der Waals surface area (Å²) in [6.07, 6.45) is 3.38. The number of thioether (sulfide) groups is 2. The molecule has 0 saturated carbocycles. The fourth-order valence-corrected chi connectivity index (χ4v) is 5.30. The molecule has 7 heteroatoms. The van der Waals surface area contributed by atoms with Crippen LogP contribution in [0.4, 0.5) is 0 Å². The fraction of sp³-hybridized carbons (Fsp3) is 0.364. The maximum Gasteiger partial charge on any atom is 0.248 e. The first-order chi connectivity index (χ1) is 14.1. The zero-order chi connectivity index (χ0) is 20.6. The third-order valence-corrected chi connectivity index (χ3v) is 7.17. The van der Waals surface area contributed by atoms with Crippen molar-refractivity contribution in [3.05, 3.63) is 52.8 Å². The summed E-state index contributed by atoms with van der Waals surface area (Å²) in [5.74, 6) is 2.71. The zero-order valence-corrected chi connectivity index (χ0v) is 19.5. The van der Waals surface area contributed by atoms with Crippen LogP contribution in [0.5, 0.6) is 5.75 Å². The largest absolute Gasteiger partial charge is 0.497 e. The highest BCUT2D eigenvalue weighted by Gasteiger charge is 2.08. The van der Waals surface area contributed by atoms with Crippen molar-refractivity contribution >= 4 is 51.0 Å². The first-order valence-corrected chi connectivity index (χ1v) is 12.7. The van der Waals surface area contributed by atoms with Gasteiger partial charge in [-0.15, -0.1) is 11.8 Å². The van der Waals surface area contributed by atoms with Crippen LogP contribution in [-0.4, -0.2) is 35.3 Å². The predicted molar refractivity (Wildman–Crippen MR) is 126 cm³/mol. The highest BCUT2D eigenvalue weighted by Crippen LogP contribution is 2.22. The second kappa shape index (κ2) is 10.9. The Labute approximate surface area is 184 Å². The maximum absolute atomic E-state index is 12.5. The van der Waals surface area contributed by atoms with Crippen LogP contribution < -0.4 is 9.54 Å². The summed E-state index contributed by atoms with van der Waals surface area (Å²) in [5.41, 5.74) is 2.39. The Balaban J connectivity index is 1.63. The molecule has 0 atom stereocenters. The van der Waals surface area contributed by atoms with E-state index in [0.717, 1.165) is 40.5 Å². The van der Waals surface area contributed by atoms with Crippen molar-refractivity contribution in [1.82, 2.24) is 4.57 Å². The van der Waals surface area contributed by atoms with E-state index in [2.05, 4.69) is 40.9 Å². The van der Waals surface area contributed by atoms with Crippen LogP contribution in [0.2, 0.25) is 0 Å². The second-order valence-corrected chi connectivity index (χ2v) is 9.80. The van der Waals surface area contributed by atoms with Crippen molar-refractivity contribution in [1.29, 1.82) is 0 Å². The van der Waals surface area contributed by atoms with Crippen molar-refractivity contribution in [2.24, 2.45) is 4.99 Å². The number of thiazole rings is 1. The third-order valence-electron chi connectivity index (χ3n) is 4.44. The topological polar surface area (TPSA) is 43.6 Å². The molecule has 0 radical (unpaired) electrons. The van der Waals surface area contributed by atoms with E-state index < -0.39 is 0 Å². The number of methoxy groups -OCH3 is 1. The Morgan fingerprint density at radius 2 is 1.97 bits per heavy atom. The number of rotatable bonds is 9. The van der Waals surface area contributed by atoms with Crippen LogP contribution in [0.25, 0.3) is 10.2 Å². The summed E-state index contributed by atoms with van der Waals surface area (Å²) in [5, 5.41) is 0. The highest BCUT2D eigenvalue weighted by molar-refractivity contribution is 7.99. The monoisotopic (exact) mass is 446 g/mol. The number of carbonyl (C=O) groups excluding carboxylic acids is 1. The number of nitrogens with zero attached hydrogens (tertiary/aromatic N) is 2. The quantitative estimate of drug-likeness (QED) is 0.327. The van der Waals surface area contributed by atoms with E-state index in [-0.39, 0.29) is 5.91 Å². The molecular formula is C22H26N2O2S3. The average molecular weight is 447 g/mol. The van der Waals surface area contributed by atoms with Crippen molar-refractivity contribution < 1.29 is 9.53 Å². The first-order valence-electron chi connectivity index (χ1n) is 9.54. The molecule has 2 aromatic carbocycles. The second-order valence-electron chi connectivity index (χ2n) is 6.63. The van der Waals surface area contributed by atoms with Crippen molar-refractivity contribution in [2.45, 2.75) is 31.2 Å². The summed E-state index contributed by atoms with van der Waals surface area (Å²) in [6.45, 7) is 2.96. The van der Waals surface area contributed by atoms with E-state index >= 15 is 0 Å². The number of aromatic nitrogens is 1. The van der Waals surface area contributed by atoms with E-state index in [1.807, 2.05) is 24.3 Å². The minimum Gasteiger partial charge on any atom is -0.497 e. The summed E-state index contributed by atoms with van der Waals surface area (Å²) in [6, 6.07) is 14.4. The fourth-order valence-electron chi connectivity index (χ4n) is 2.91. The number of hydrogen-bond donors (Lipinski definition) is 0. The van der Waals surface area contributed by atoms with Gasteiger partial charge in [-0.2, -0.15) is 16.8 Å². The summed E-state index contributed by atoms with van der Waals surface area (Å²) < 4.78 is 8.54. The van der Waals surface area contributed by atoms with Crippen LogP contribution in [0, 0.1) is 6.92 Å². The molecule has 29 heavy (non-hydrogen) atoms. The summed E-state index contributed by atoms with van der Waals surface area (Å²) >= 11 is 5.16. The van der Waals surface area contributed by atoms with Crippen molar-refractivity contribution in [3.8, 4) is 5.75 Å². The van der Waals surface area contributed by atoms with Crippen LogP contribution in [0.3, 0.4) is 0 Å². The van der Waals surface area contributed by atoms with E-state index in [1.54, 1.807) is 42.0 Å². The predicted octanol–water partition coefficient (Wildman–Crippen LogP) is 5.38. The summed E-state index contributed by atoms with van der Waals surface area (Å²) in [4.78, 5) is 18.9. The third kappa shape index (κ3) is 6.14. The van der Waals surface area contributed by atoms with Crippen LogP contribution in [-0.2, 0) is 11.3 Å². The molecule has 1 aromatic heterocycles. The van der Waals surface area contributed by atoms with Gasteiger partial charge in [-0.25, -0.2) is 0 Å². The van der Waals surface area contributed by atoms with Gasteiger partial charge in [0.1, 0.15) is 5.75 Å². The highest BCUT2D eigenvalue weighted by atomic mass is 32.2. The average Bonchev–Trinajstić information content (AvgIpc) is 3.05. The molecule has 0 bridgehead atoms. The Bertz CT molecular complexity index is 1020. The van der Waals surface area contributed by atoms with E-state index in [9.17, 15) is 4.79 Å². The van der Waals surface area contributed by atoms with Gasteiger partial charge >= 0.3 is 0 Å². The molecule has 0 aliphatic rings. The lowest BCUT2D eigenvalue weighted by molar-refractivity contribution is -0.118. The smallest absolute Gasteiger partial charge is 0.248 e. The SMILES string of the molecule is COc1ccc(SCCCC(=O)N=c2sc3cc(C)ccc3n2CCSC)cc1.